The Labute approximate surface area is 220 Å². The number of ether oxygens (including phenoxy) is 1. The van der Waals surface area contributed by atoms with Gasteiger partial charge in [-0.1, -0.05) is 37.6 Å². The van der Waals surface area contributed by atoms with Gasteiger partial charge in [-0.05, 0) is 56.9 Å². The number of hydrogen-bond donors (Lipinski definition) is 2. The van der Waals surface area contributed by atoms with Crippen molar-refractivity contribution in [2.24, 2.45) is 10.3 Å². The summed E-state index contributed by atoms with van der Waals surface area (Å²) in [5.74, 6) is -1.56. The highest BCUT2D eigenvalue weighted by Gasteiger charge is 2.28. The van der Waals surface area contributed by atoms with Crippen LogP contribution in [-0.4, -0.2) is 33.8 Å². The summed E-state index contributed by atoms with van der Waals surface area (Å²) in [6.07, 6.45) is -0.804. The molecule has 0 radical (unpaired) electrons. The molecule has 0 spiro atoms. The zero-order valence-electron chi connectivity index (χ0n) is 20.7. The van der Waals surface area contributed by atoms with Gasteiger partial charge in [0.15, 0.2) is 9.92 Å². The van der Waals surface area contributed by atoms with Crippen molar-refractivity contribution in [2.75, 3.05) is 0 Å². The maximum atomic E-state index is 13.9. The molecule has 2 rings (SSSR count). The second-order valence-corrected chi connectivity index (χ2v) is 12.9. The van der Waals surface area contributed by atoms with E-state index < -0.39 is 39.5 Å². The SMILES string of the molecule is CC(C)C[C@H](NC(=O)OC(C)(C)C)C(=O)N=S(=O)(NC(=O)Cc1cccc(C#N)c1)c1cc(Cl)cs1. The molecule has 0 saturated carbocycles. The summed E-state index contributed by atoms with van der Waals surface area (Å²) in [6.45, 7) is 8.76. The Hall–Kier alpha value is -2.94. The summed E-state index contributed by atoms with van der Waals surface area (Å²) in [4.78, 5) is 38.3. The second kappa shape index (κ2) is 12.3. The van der Waals surface area contributed by atoms with Crippen LogP contribution >= 0.6 is 22.9 Å². The Morgan fingerprint density at radius 1 is 1.25 bits per heavy atom. The Bertz CT molecular complexity index is 1280. The molecule has 36 heavy (non-hydrogen) atoms. The average Bonchev–Trinajstić information content (AvgIpc) is 3.18. The number of thiophene rings is 1. The third-order valence-corrected chi connectivity index (χ3v) is 8.04. The highest BCUT2D eigenvalue weighted by atomic mass is 35.5. The van der Waals surface area contributed by atoms with Gasteiger partial charge in [0.1, 0.15) is 15.9 Å². The molecule has 0 aliphatic heterocycles. The first kappa shape index (κ1) is 29.3. The van der Waals surface area contributed by atoms with Gasteiger partial charge in [-0.2, -0.15) is 5.26 Å². The van der Waals surface area contributed by atoms with Gasteiger partial charge >= 0.3 is 6.09 Å². The lowest BCUT2D eigenvalue weighted by Gasteiger charge is -2.23. The molecule has 2 aromatic rings. The van der Waals surface area contributed by atoms with E-state index in [1.165, 1.54) is 17.5 Å². The van der Waals surface area contributed by atoms with Crippen molar-refractivity contribution in [3.63, 3.8) is 0 Å². The number of alkyl carbamates (subject to hydrolysis) is 1. The lowest BCUT2D eigenvalue weighted by molar-refractivity contribution is -0.120. The van der Waals surface area contributed by atoms with Gasteiger partial charge in [0.05, 0.1) is 23.1 Å². The Balaban J connectivity index is 2.38. The van der Waals surface area contributed by atoms with Gasteiger partial charge in [-0.25, -0.2) is 9.00 Å². The van der Waals surface area contributed by atoms with E-state index in [0.717, 1.165) is 11.3 Å². The molecule has 0 fully saturated rings. The minimum absolute atomic E-state index is 0.0154. The minimum Gasteiger partial charge on any atom is -0.444 e. The molecule has 1 unspecified atom stereocenters. The quantitative estimate of drug-likeness (QED) is 0.480. The number of nitrogens with one attached hydrogen (secondary N) is 2. The highest BCUT2D eigenvalue weighted by Crippen LogP contribution is 2.25. The van der Waals surface area contributed by atoms with E-state index in [1.807, 2.05) is 19.9 Å². The number of amides is 3. The van der Waals surface area contributed by atoms with Gasteiger partial charge in [0, 0.05) is 5.38 Å². The van der Waals surface area contributed by atoms with Crippen molar-refractivity contribution < 1.29 is 23.3 Å². The number of hydrogen-bond acceptors (Lipinski definition) is 7. The van der Waals surface area contributed by atoms with Crippen LogP contribution in [0, 0.1) is 17.2 Å². The van der Waals surface area contributed by atoms with Crippen LogP contribution in [-0.2, 0) is 30.7 Å². The molecule has 12 heteroatoms. The number of nitrogens with zero attached hydrogens (tertiary/aromatic N) is 2. The molecular formula is C24H29ClN4O5S2. The molecule has 3 amide bonds. The van der Waals surface area contributed by atoms with Crippen molar-refractivity contribution in [3.8, 4) is 6.07 Å². The predicted octanol–water partition coefficient (Wildman–Crippen LogP) is 4.84. The number of rotatable bonds is 8. The zero-order valence-corrected chi connectivity index (χ0v) is 23.1. The topological polar surface area (TPSA) is 138 Å². The summed E-state index contributed by atoms with van der Waals surface area (Å²) < 4.78 is 25.5. The molecule has 2 atom stereocenters. The lowest BCUT2D eigenvalue weighted by Crippen LogP contribution is -2.44. The fourth-order valence-corrected chi connectivity index (χ4v) is 6.07. The number of carbonyl (C=O) groups is 3. The molecule has 1 aromatic heterocycles. The van der Waals surface area contributed by atoms with Gasteiger partial charge < -0.3 is 10.1 Å². The lowest BCUT2D eigenvalue weighted by atomic mass is 10.0. The first-order chi connectivity index (χ1) is 16.7. The number of carbonyl (C=O) groups excluding carboxylic acids is 3. The Morgan fingerprint density at radius 3 is 2.50 bits per heavy atom. The maximum absolute atomic E-state index is 13.9. The normalized spacial score (nSPS) is 13.7. The maximum Gasteiger partial charge on any atom is 0.408 e. The van der Waals surface area contributed by atoms with Crippen molar-refractivity contribution >= 4 is 50.8 Å². The van der Waals surface area contributed by atoms with Crippen LogP contribution in [0.3, 0.4) is 0 Å². The van der Waals surface area contributed by atoms with Gasteiger partial charge in [-0.3, -0.25) is 14.3 Å². The van der Waals surface area contributed by atoms with Crippen LogP contribution < -0.4 is 10.0 Å². The van der Waals surface area contributed by atoms with Crippen LogP contribution in [0.25, 0.3) is 0 Å². The van der Waals surface area contributed by atoms with Gasteiger partial charge in [0.2, 0.25) is 5.91 Å². The van der Waals surface area contributed by atoms with Crippen LogP contribution in [0.5, 0.6) is 0 Å². The van der Waals surface area contributed by atoms with E-state index in [2.05, 4.69) is 14.4 Å². The van der Waals surface area contributed by atoms with Crippen LogP contribution in [0.1, 0.15) is 52.2 Å². The van der Waals surface area contributed by atoms with Crippen LogP contribution in [0.15, 0.2) is 44.3 Å². The smallest absolute Gasteiger partial charge is 0.408 e. The predicted molar refractivity (Wildman–Crippen MR) is 139 cm³/mol. The summed E-state index contributed by atoms with van der Waals surface area (Å²) >= 11 is 6.98. The minimum atomic E-state index is -3.78. The van der Waals surface area contributed by atoms with Crippen molar-refractivity contribution in [2.45, 2.75) is 63.3 Å². The number of benzene rings is 1. The summed E-state index contributed by atoms with van der Waals surface area (Å²) in [5.41, 5.74) is 0.105. The molecule has 2 N–H and O–H groups in total. The van der Waals surface area contributed by atoms with Gasteiger partial charge in [-0.15, -0.1) is 15.7 Å². The first-order valence-electron chi connectivity index (χ1n) is 11.0. The second-order valence-electron chi connectivity index (χ2n) is 9.38. The molecule has 0 aliphatic carbocycles. The zero-order chi connectivity index (χ0) is 27.1. The van der Waals surface area contributed by atoms with Crippen molar-refractivity contribution in [1.82, 2.24) is 10.0 Å². The molecule has 0 saturated heterocycles. The summed E-state index contributed by atoms with van der Waals surface area (Å²) in [7, 11) is -3.78. The van der Waals surface area contributed by atoms with E-state index in [-0.39, 0.29) is 28.0 Å². The number of halogens is 1. The van der Waals surface area contributed by atoms with E-state index >= 15 is 0 Å². The Kier molecular flexibility index (Phi) is 10.0. The van der Waals surface area contributed by atoms with E-state index in [0.29, 0.717) is 11.1 Å². The van der Waals surface area contributed by atoms with Gasteiger partial charge in [0.25, 0.3) is 5.91 Å². The fraction of sp³-hybridized carbons (Fsp3) is 0.417. The average molecular weight is 553 g/mol. The molecule has 9 nitrogen and oxygen atoms in total. The molecule has 194 valence electrons. The standard InChI is InChI=1S/C24H29ClN4O5S2/c1-15(2)9-19(27-23(32)34-24(3,4)5)22(31)29-36(33,21-12-18(25)14-35-21)28-20(30)11-16-7-6-8-17(10-16)13-26/h6-8,10,12,14-15,19H,9,11H2,1-5H3,(H,27,32)(H,28,29,30,31,33)/t19-,36?/m0/s1. The summed E-state index contributed by atoms with van der Waals surface area (Å²) in [6, 6.07) is 8.64. The van der Waals surface area contributed by atoms with Crippen LogP contribution in [0.2, 0.25) is 5.02 Å². The third kappa shape index (κ3) is 9.26. The van der Waals surface area contributed by atoms with E-state index in [4.69, 9.17) is 21.6 Å². The third-order valence-electron chi connectivity index (χ3n) is 4.40. The van der Waals surface area contributed by atoms with Crippen molar-refractivity contribution in [1.29, 1.82) is 5.26 Å². The van der Waals surface area contributed by atoms with Crippen LogP contribution in [0.4, 0.5) is 4.79 Å². The Morgan fingerprint density at radius 2 is 1.94 bits per heavy atom. The monoisotopic (exact) mass is 552 g/mol. The molecule has 1 aromatic carbocycles. The fourth-order valence-electron chi connectivity index (χ4n) is 3.02. The van der Waals surface area contributed by atoms with E-state index in [9.17, 15) is 18.6 Å². The molecule has 0 bridgehead atoms. The van der Waals surface area contributed by atoms with Crippen molar-refractivity contribution in [3.05, 3.63) is 51.9 Å². The van der Waals surface area contributed by atoms with E-state index in [1.54, 1.807) is 39.0 Å². The first-order valence-corrected chi connectivity index (χ1v) is 13.8. The molecular weight excluding hydrogens is 524 g/mol. The summed E-state index contributed by atoms with van der Waals surface area (Å²) in [5, 5.41) is 13.3. The largest absolute Gasteiger partial charge is 0.444 e. The number of nitriles is 1. The highest BCUT2D eigenvalue weighted by molar-refractivity contribution is 7.94. The molecule has 0 aliphatic rings. The molecule has 1 heterocycles.